The first-order valence-electron chi connectivity index (χ1n) is 8.94. The second kappa shape index (κ2) is 7.15. The first kappa shape index (κ1) is 17.7. The molecule has 1 saturated heterocycles. The highest BCUT2D eigenvalue weighted by Gasteiger charge is 2.24. The molecular formula is C20H18N4O4. The molecule has 1 aliphatic rings. The second-order valence-corrected chi connectivity index (χ2v) is 6.29. The van der Waals surface area contributed by atoms with E-state index in [0.717, 1.165) is 0 Å². The highest BCUT2D eigenvalue weighted by Crippen LogP contribution is 2.23. The predicted molar refractivity (Wildman–Crippen MR) is 105 cm³/mol. The van der Waals surface area contributed by atoms with E-state index in [-0.39, 0.29) is 11.3 Å². The van der Waals surface area contributed by atoms with E-state index in [1.807, 2.05) is 0 Å². The van der Waals surface area contributed by atoms with E-state index >= 15 is 0 Å². The maximum absolute atomic E-state index is 12.9. The lowest BCUT2D eigenvalue weighted by Gasteiger charge is -2.14. The van der Waals surface area contributed by atoms with Gasteiger partial charge in [-0.15, -0.1) is 0 Å². The largest absolute Gasteiger partial charge is 0.447 e. The van der Waals surface area contributed by atoms with E-state index in [0.29, 0.717) is 41.8 Å². The number of aromatic nitrogens is 2. The average molecular weight is 378 g/mol. The lowest BCUT2D eigenvalue weighted by molar-refractivity contribution is 0.102. The van der Waals surface area contributed by atoms with Crippen LogP contribution in [0.3, 0.4) is 0 Å². The van der Waals surface area contributed by atoms with Crippen molar-refractivity contribution < 1.29 is 14.3 Å². The van der Waals surface area contributed by atoms with Crippen molar-refractivity contribution in [3.63, 3.8) is 0 Å². The molecule has 4 rings (SSSR count). The standard InChI is InChI=1S/C20H18N4O4/c1-2-24-19(26)16-9-4-3-8-15(16)17(22-24)18(25)21-13-6-5-7-14(12-13)23-10-11-28-20(23)27/h3-9,12H,2,10-11H2,1H3,(H,21,25). The zero-order chi connectivity index (χ0) is 19.7. The number of hydrogen-bond acceptors (Lipinski definition) is 5. The molecule has 1 fully saturated rings. The number of nitrogens with zero attached hydrogens (tertiary/aromatic N) is 3. The molecule has 1 aliphatic heterocycles. The third-order valence-corrected chi connectivity index (χ3v) is 4.56. The molecule has 0 atom stereocenters. The quantitative estimate of drug-likeness (QED) is 0.753. The van der Waals surface area contributed by atoms with Crippen LogP contribution in [-0.4, -0.2) is 34.9 Å². The van der Waals surface area contributed by atoms with Crippen LogP contribution in [0.5, 0.6) is 0 Å². The van der Waals surface area contributed by atoms with Gasteiger partial charge < -0.3 is 10.1 Å². The minimum Gasteiger partial charge on any atom is -0.447 e. The zero-order valence-electron chi connectivity index (χ0n) is 15.2. The molecule has 2 heterocycles. The van der Waals surface area contributed by atoms with Crippen LogP contribution >= 0.6 is 0 Å². The monoisotopic (exact) mass is 378 g/mol. The topological polar surface area (TPSA) is 93.5 Å². The van der Waals surface area contributed by atoms with E-state index in [4.69, 9.17) is 4.74 Å². The average Bonchev–Trinajstić information content (AvgIpc) is 3.14. The molecule has 0 spiro atoms. The number of aryl methyl sites for hydroxylation is 1. The highest BCUT2D eigenvalue weighted by atomic mass is 16.6. The van der Waals surface area contributed by atoms with Gasteiger partial charge in [-0.3, -0.25) is 14.5 Å². The Morgan fingerprint density at radius 3 is 2.64 bits per heavy atom. The molecule has 2 amide bonds. The normalized spacial score (nSPS) is 13.6. The van der Waals surface area contributed by atoms with E-state index < -0.39 is 12.0 Å². The van der Waals surface area contributed by atoms with Crippen molar-refractivity contribution in [2.45, 2.75) is 13.5 Å². The number of amides is 2. The summed E-state index contributed by atoms with van der Waals surface area (Å²) in [5, 5.41) is 7.98. The van der Waals surface area contributed by atoms with Gasteiger partial charge in [0.1, 0.15) is 6.61 Å². The molecule has 0 unspecified atom stereocenters. The first-order chi connectivity index (χ1) is 13.6. The van der Waals surface area contributed by atoms with Crippen molar-refractivity contribution in [2.24, 2.45) is 0 Å². The molecule has 142 valence electrons. The third kappa shape index (κ3) is 3.09. The van der Waals surface area contributed by atoms with Crippen LogP contribution in [0.25, 0.3) is 10.8 Å². The molecule has 1 aromatic heterocycles. The number of hydrogen-bond donors (Lipinski definition) is 1. The fourth-order valence-electron chi connectivity index (χ4n) is 3.19. The number of benzene rings is 2. The van der Waals surface area contributed by atoms with Gasteiger partial charge in [-0.2, -0.15) is 5.10 Å². The summed E-state index contributed by atoms with van der Waals surface area (Å²) in [6.07, 6.45) is -0.411. The molecule has 28 heavy (non-hydrogen) atoms. The third-order valence-electron chi connectivity index (χ3n) is 4.56. The summed E-state index contributed by atoms with van der Waals surface area (Å²) in [6.45, 7) is 2.95. The summed E-state index contributed by atoms with van der Waals surface area (Å²) in [5.74, 6) is -0.431. The summed E-state index contributed by atoms with van der Waals surface area (Å²) >= 11 is 0. The molecule has 0 radical (unpaired) electrons. The van der Waals surface area contributed by atoms with Crippen molar-refractivity contribution in [3.8, 4) is 0 Å². The maximum Gasteiger partial charge on any atom is 0.414 e. The van der Waals surface area contributed by atoms with E-state index in [9.17, 15) is 14.4 Å². The minimum atomic E-state index is -0.431. The van der Waals surface area contributed by atoms with Crippen molar-refractivity contribution in [1.29, 1.82) is 0 Å². The van der Waals surface area contributed by atoms with Crippen LogP contribution in [0.4, 0.5) is 16.2 Å². The Balaban J connectivity index is 1.69. The maximum atomic E-state index is 12.9. The Labute approximate surface area is 160 Å². The molecule has 8 heteroatoms. The predicted octanol–water partition coefficient (Wildman–Crippen LogP) is 2.63. The molecule has 0 bridgehead atoms. The van der Waals surface area contributed by atoms with Crippen LogP contribution in [0.2, 0.25) is 0 Å². The van der Waals surface area contributed by atoms with Crippen molar-refractivity contribution >= 4 is 34.1 Å². The van der Waals surface area contributed by atoms with Gasteiger partial charge in [0.15, 0.2) is 5.69 Å². The number of nitrogens with one attached hydrogen (secondary N) is 1. The molecule has 1 N–H and O–H groups in total. The Morgan fingerprint density at radius 2 is 1.93 bits per heavy atom. The number of rotatable bonds is 4. The van der Waals surface area contributed by atoms with Gasteiger partial charge in [-0.1, -0.05) is 24.3 Å². The van der Waals surface area contributed by atoms with Gasteiger partial charge in [0.05, 0.1) is 11.9 Å². The number of carbonyl (C=O) groups excluding carboxylic acids is 2. The Morgan fingerprint density at radius 1 is 1.14 bits per heavy atom. The molecular weight excluding hydrogens is 360 g/mol. The summed E-state index contributed by atoms with van der Waals surface area (Å²) in [4.78, 5) is 38.6. The molecule has 2 aromatic carbocycles. The van der Waals surface area contributed by atoms with E-state index in [1.54, 1.807) is 55.5 Å². The SMILES string of the molecule is CCn1nc(C(=O)Nc2cccc(N3CCOC3=O)c2)c2ccccc2c1=O. The van der Waals surface area contributed by atoms with Crippen LogP contribution in [0.1, 0.15) is 17.4 Å². The van der Waals surface area contributed by atoms with Gasteiger partial charge in [0.25, 0.3) is 11.5 Å². The van der Waals surface area contributed by atoms with Gasteiger partial charge in [-0.25, -0.2) is 9.48 Å². The van der Waals surface area contributed by atoms with Crippen molar-refractivity contribution in [3.05, 3.63) is 64.6 Å². The number of anilines is 2. The molecule has 0 saturated carbocycles. The number of fused-ring (bicyclic) bond motifs is 1. The van der Waals surface area contributed by atoms with Gasteiger partial charge in [0.2, 0.25) is 0 Å². The summed E-state index contributed by atoms with van der Waals surface area (Å²) < 4.78 is 6.22. The summed E-state index contributed by atoms with van der Waals surface area (Å²) in [5.41, 5.74) is 1.09. The van der Waals surface area contributed by atoms with Crippen LogP contribution in [0, 0.1) is 0 Å². The van der Waals surface area contributed by atoms with Gasteiger partial charge >= 0.3 is 6.09 Å². The summed E-state index contributed by atoms with van der Waals surface area (Å²) in [7, 11) is 0. The summed E-state index contributed by atoms with van der Waals surface area (Å²) in [6, 6.07) is 13.8. The number of carbonyl (C=O) groups is 2. The Bertz CT molecular complexity index is 1140. The Kier molecular flexibility index (Phi) is 4.52. The molecule has 0 aliphatic carbocycles. The Hall–Kier alpha value is -3.68. The fraction of sp³-hybridized carbons (Fsp3) is 0.200. The first-order valence-corrected chi connectivity index (χ1v) is 8.94. The molecule has 8 nitrogen and oxygen atoms in total. The van der Waals surface area contributed by atoms with Gasteiger partial charge in [0, 0.05) is 23.3 Å². The fourth-order valence-corrected chi connectivity index (χ4v) is 3.19. The van der Waals surface area contributed by atoms with Crippen molar-refractivity contribution in [1.82, 2.24) is 9.78 Å². The highest BCUT2D eigenvalue weighted by molar-refractivity contribution is 6.11. The number of cyclic esters (lactones) is 1. The second-order valence-electron chi connectivity index (χ2n) is 6.29. The van der Waals surface area contributed by atoms with Crippen LogP contribution in [0.15, 0.2) is 53.3 Å². The molecule has 3 aromatic rings. The number of ether oxygens (including phenoxy) is 1. The lowest BCUT2D eigenvalue weighted by Crippen LogP contribution is -2.27. The van der Waals surface area contributed by atoms with Crippen LogP contribution in [-0.2, 0) is 11.3 Å². The lowest BCUT2D eigenvalue weighted by atomic mass is 10.1. The van der Waals surface area contributed by atoms with E-state index in [1.165, 1.54) is 9.58 Å². The minimum absolute atomic E-state index is 0.169. The van der Waals surface area contributed by atoms with Gasteiger partial charge in [-0.05, 0) is 31.2 Å². The van der Waals surface area contributed by atoms with Crippen LogP contribution < -0.4 is 15.8 Å². The van der Waals surface area contributed by atoms with E-state index in [2.05, 4.69) is 10.4 Å². The smallest absolute Gasteiger partial charge is 0.414 e. The van der Waals surface area contributed by atoms with Crippen molar-refractivity contribution in [2.75, 3.05) is 23.4 Å². The zero-order valence-corrected chi connectivity index (χ0v) is 15.2.